The Morgan fingerprint density at radius 3 is 2.68 bits per heavy atom. The van der Waals surface area contributed by atoms with E-state index in [1.54, 1.807) is 6.07 Å². The van der Waals surface area contributed by atoms with Gasteiger partial charge in [0.1, 0.15) is 17.0 Å². The quantitative estimate of drug-likeness (QED) is 0.669. The maximum absolute atomic E-state index is 14.1. The monoisotopic (exact) mass is 338 g/mol. The molecule has 5 rings (SSSR count). The molecule has 2 aliphatic rings. The second-order valence-corrected chi connectivity index (χ2v) is 6.40. The van der Waals surface area contributed by atoms with E-state index in [1.165, 1.54) is 24.6 Å². The van der Waals surface area contributed by atoms with Crippen LogP contribution in [0.2, 0.25) is 0 Å². The molecule has 1 fully saturated rings. The predicted molar refractivity (Wildman–Crippen MR) is 83.6 cm³/mol. The molecule has 2 heterocycles. The van der Waals surface area contributed by atoms with E-state index in [0.29, 0.717) is 11.6 Å². The van der Waals surface area contributed by atoms with Crippen molar-refractivity contribution in [1.29, 1.82) is 0 Å². The number of benzene rings is 1. The summed E-state index contributed by atoms with van der Waals surface area (Å²) in [5.74, 6) is -0.838. The number of hydrogen-bond donors (Lipinski definition) is 0. The third kappa shape index (κ3) is 1.70. The fourth-order valence-electron chi connectivity index (χ4n) is 4.18. The predicted octanol–water partition coefficient (Wildman–Crippen LogP) is 3.54. The van der Waals surface area contributed by atoms with Crippen LogP contribution in [0, 0.1) is 11.6 Å². The largest absolute Gasteiger partial charge is 0.427 e. The summed E-state index contributed by atoms with van der Waals surface area (Å²) in [6, 6.07) is 5.44. The average Bonchev–Trinajstić information content (AvgIpc) is 3.29. The van der Waals surface area contributed by atoms with Crippen LogP contribution in [0.25, 0.3) is 11.3 Å². The van der Waals surface area contributed by atoms with Gasteiger partial charge in [0, 0.05) is 5.92 Å². The maximum Gasteiger partial charge on any atom is 0.232 e. The Bertz CT molecular complexity index is 998. The van der Waals surface area contributed by atoms with E-state index in [0.717, 1.165) is 24.0 Å². The molecule has 0 aliphatic heterocycles. The number of hydrogen-bond acceptors (Lipinski definition) is 5. The fourth-order valence-corrected chi connectivity index (χ4v) is 4.18. The Labute approximate surface area is 141 Å². The standard InChI is InChI=1S/C18H12F2N4O/c1-9-10-5-6-18(9,17-24-21-8-25-17)16-11(10)7-14(22-23-16)15-12(19)3-2-4-13(15)20/h2-4,7-8,10H,1,5-6H2/t10-,18-/m0/s1. The highest BCUT2D eigenvalue weighted by Gasteiger charge is 2.58. The van der Waals surface area contributed by atoms with Crippen molar-refractivity contribution in [2.45, 2.75) is 24.2 Å². The first-order valence-electron chi connectivity index (χ1n) is 7.91. The number of allylic oxidation sites excluding steroid dienone is 1. The van der Waals surface area contributed by atoms with Gasteiger partial charge in [-0.05, 0) is 42.2 Å². The molecule has 0 radical (unpaired) electrons. The molecule has 0 N–H and O–H groups in total. The molecule has 0 unspecified atom stereocenters. The molecule has 25 heavy (non-hydrogen) atoms. The Hall–Kier alpha value is -2.96. The molecule has 2 bridgehead atoms. The molecule has 5 nitrogen and oxygen atoms in total. The van der Waals surface area contributed by atoms with E-state index in [4.69, 9.17) is 4.42 Å². The molecule has 1 saturated carbocycles. The van der Waals surface area contributed by atoms with Gasteiger partial charge in [0.05, 0.1) is 17.0 Å². The average molecular weight is 338 g/mol. The first-order chi connectivity index (χ1) is 12.1. The van der Waals surface area contributed by atoms with Crippen molar-refractivity contribution in [3.63, 3.8) is 0 Å². The molecule has 0 amide bonds. The second-order valence-electron chi connectivity index (χ2n) is 6.40. The molecule has 3 aromatic rings. The molecule has 124 valence electrons. The van der Waals surface area contributed by atoms with Crippen molar-refractivity contribution in [3.8, 4) is 11.3 Å². The van der Waals surface area contributed by atoms with Crippen molar-refractivity contribution in [3.05, 3.63) is 71.6 Å². The van der Waals surface area contributed by atoms with Crippen molar-refractivity contribution in [2.75, 3.05) is 0 Å². The Kier molecular flexibility index (Phi) is 2.75. The lowest BCUT2D eigenvalue weighted by Crippen LogP contribution is -2.26. The van der Waals surface area contributed by atoms with Crippen LogP contribution in [0.5, 0.6) is 0 Å². The van der Waals surface area contributed by atoms with Gasteiger partial charge in [-0.3, -0.25) is 0 Å². The summed E-state index contributed by atoms with van der Waals surface area (Å²) in [5, 5.41) is 16.2. The SMILES string of the molecule is C=C1[C@@H]2CC[C@@]1(c1nnco1)c1nnc(-c3c(F)cccc3F)cc12. The molecule has 2 aromatic heterocycles. The maximum atomic E-state index is 14.1. The number of rotatable bonds is 2. The van der Waals surface area contributed by atoms with Crippen LogP contribution in [-0.4, -0.2) is 20.4 Å². The zero-order valence-electron chi connectivity index (χ0n) is 13.0. The zero-order chi connectivity index (χ0) is 17.2. The van der Waals surface area contributed by atoms with Crippen LogP contribution in [0.15, 0.2) is 47.2 Å². The van der Waals surface area contributed by atoms with E-state index < -0.39 is 17.0 Å². The van der Waals surface area contributed by atoms with Gasteiger partial charge in [0.25, 0.3) is 0 Å². The van der Waals surface area contributed by atoms with E-state index in [-0.39, 0.29) is 17.2 Å². The number of halogens is 2. The first kappa shape index (κ1) is 14.4. The minimum Gasteiger partial charge on any atom is -0.427 e. The zero-order valence-corrected chi connectivity index (χ0v) is 13.0. The molecular formula is C18H12F2N4O. The number of aromatic nitrogens is 4. The molecule has 0 spiro atoms. The summed E-state index contributed by atoms with van der Waals surface area (Å²) < 4.78 is 33.6. The van der Waals surface area contributed by atoms with Crippen LogP contribution in [0.4, 0.5) is 8.78 Å². The molecular weight excluding hydrogens is 326 g/mol. The topological polar surface area (TPSA) is 64.7 Å². The van der Waals surface area contributed by atoms with Gasteiger partial charge < -0.3 is 4.42 Å². The van der Waals surface area contributed by atoms with E-state index in [1.807, 2.05) is 0 Å². The van der Waals surface area contributed by atoms with Crippen molar-refractivity contribution in [2.24, 2.45) is 0 Å². The minimum absolute atomic E-state index is 0.0472. The van der Waals surface area contributed by atoms with Gasteiger partial charge in [-0.15, -0.1) is 15.3 Å². The van der Waals surface area contributed by atoms with Crippen LogP contribution < -0.4 is 0 Å². The Morgan fingerprint density at radius 2 is 1.96 bits per heavy atom. The summed E-state index contributed by atoms with van der Waals surface area (Å²) in [6.07, 6.45) is 2.88. The van der Waals surface area contributed by atoms with Gasteiger partial charge in [-0.2, -0.15) is 5.10 Å². The lowest BCUT2D eigenvalue weighted by atomic mass is 9.81. The normalized spacial score (nSPS) is 23.9. The summed E-state index contributed by atoms with van der Waals surface area (Å²) >= 11 is 0. The van der Waals surface area contributed by atoms with Gasteiger partial charge in [0.2, 0.25) is 12.3 Å². The van der Waals surface area contributed by atoms with Crippen molar-refractivity contribution < 1.29 is 13.2 Å². The highest BCUT2D eigenvalue weighted by atomic mass is 19.1. The molecule has 0 saturated heterocycles. The lowest BCUT2D eigenvalue weighted by Gasteiger charge is -2.23. The highest BCUT2D eigenvalue weighted by molar-refractivity contribution is 5.66. The first-order valence-corrected chi connectivity index (χ1v) is 7.91. The van der Waals surface area contributed by atoms with Gasteiger partial charge >= 0.3 is 0 Å². The Morgan fingerprint density at radius 1 is 1.16 bits per heavy atom. The van der Waals surface area contributed by atoms with Crippen molar-refractivity contribution >= 4 is 0 Å². The van der Waals surface area contributed by atoms with E-state index in [2.05, 4.69) is 27.0 Å². The number of nitrogens with zero attached hydrogens (tertiary/aromatic N) is 4. The van der Waals surface area contributed by atoms with Gasteiger partial charge in [-0.25, -0.2) is 8.78 Å². The number of fused-ring (bicyclic) bond motifs is 5. The summed E-state index contributed by atoms with van der Waals surface area (Å²) in [5.41, 5.74) is 1.86. The third-order valence-corrected chi connectivity index (χ3v) is 5.32. The summed E-state index contributed by atoms with van der Waals surface area (Å²) in [4.78, 5) is 0. The molecule has 1 aromatic carbocycles. The smallest absolute Gasteiger partial charge is 0.232 e. The van der Waals surface area contributed by atoms with Crippen LogP contribution in [-0.2, 0) is 5.41 Å². The third-order valence-electron chi connectivity index (χ3n) is 5.32. The van der Waals surface area contributed by atoms with Gasteiger partial charge in [-0.1, -0.05) is 12.6 Å². The fraction of sp³-hybridized carbons (Fsp3) is 0.222. The van der Waals surface area contributed by atoms with E-state index >= 15 is 0 Å². The summed E-state index contributed by atoms with van der Waals surface area (Å²) in [6.45, 7) is 4.22. The van der Waals surface area contributed by atoms with Crippen molar-refractivity contribution in [1.82, 2.24) is 20.4 Å². The summed E-state index contributed by atoms with van der Waals surface area (Å²) in [7, 11) is 0. The van der Waals surface area contributed by atoms with E-state index in [9.17, 15) is 8.78 Å². The Balaban J connectivity index is 1.72. The highest BCUT2D eigenvalue weighted by Crippen LogP contribution is 2.62. The second kappa shape index (κ2) is 4.78. The van der Waals surface area contributed by atoms with Crippen LogP contribution >= 0.6 is 0 Å². The molecule has 7 heteroatoms. The molecule has 2 atom stereocenters. The molecule has 2 aliphatic carbocycles. The minimum atomic E-state index is -0.664. The van der Waals surface area contributed by atoms with Gasteiger partial charge in [0.15, 0.2) is 0 Å². The van der Waals surface area contributed by atoms with Crippen LogP contribution in [0.1, 0.15) is 35.9 Å². The van der Waals surface area contributed by atoms with Crippen LogP contribution in [0.3, 0.4) is 0 Å². The lowest BCUT2D eigenvalue weighted by molar-refractivity contribution is 0.403.